The van der Waals surface area contributed by atoms with E-state index in [2.05, 4.69) is 76.3 Å². The molecule has 2 saturated heterocycles. The number of amides is 1. The van der Waals surface area contributed by atoms with Crippen molar-refractivity contribution < 1.29 is 19.0 Å². The van der Waals surface area contributed by atoms with Gasteiger partial charge in [0.1, 0.15) is 23.8 Å². The first-order valence-electron chi connectivity index (χ1n) is 18.4. The second-order valence-electron chi connectivity index (χ2n) is 15.2. The number of nitriles is 1. The van der Waals surface area contributed by atoms with Crippen molar-refractivity contribution in [3.05, 3.63) is 83.6 Å². The molecule has 4 aromatic rings. The molecule has 11 heteroatoms. The van der Waals surface area contributed by atoms with Crippen molar-refractivity contribution >= 4 is 28.4 Å². The molecule has 0 spiro atoms. The minimum absolute atomic E-state index is 0.200. The Morgan fingerprint density at radius 1 is 0.942 bits per heavy atom. The lowest BCUT2D eigenvalue weighted by Gasteiger charge is -2.42. The van der Waals surface area contributed by atoms with E-state index in [0.29, 0.717) is 51.3 Å². The van der Waals surface area contributed by atoms with Crippen LogP contribution in [0.2, 0.25) is 0 Å². The summed E-state index contributed by atoms with van der Waals surface area (Å²) in [5, 5.41) is 12.0. The van der Waals surface area contributed by atoms with Crippen LogP contribution < -0.4 is 19.3 Å². The summed E-state index contributed by atoms with van der Waals surface area (Å²) >= 11 is 0. The smallest absolute Gasteiger partial charge is 0.410 e. The Morgan fingerprint density at radius 2 is 1.75 bits per heavy atom. The molecule has 7 rings (SSSR count). The van der Waals surface area contributed by atoms with Gasteiger partial charge in [-0.15, -0.1) is 0 Å². The van der Waals surface area contributed by atoms with Gasteiger partial charge in [-0.2, -0.15) is 15.2 Å². The van der Waals surface area contributed by atoms with Crippen LogP contribution in [-0.4, -0.2) is 90.4 Å². The molecule has 52 heavy (non-hydrogen) atoms. The average Bonchev–Trinajstić information content (AvgIpc) is 3.56. The van der Waals surface area contributed by atoms with Gasteiger partial charge in [0.05, 0.1) is 37.4 Å². The van der Waals surface area contributed by atoms with E-state index in [0.717, 1.165) is 77.3 Å². The van der Waals surface area contributed by atoms with E-state index in [9.17, 15) is 10.1 Å². The van der Waals surface area contributed by atoms with E-state index >= 15 is 0 Å². The maximum absolute atomic E-state index is 13.2. The fourth-order valence-corrected chi connectivity index (χ4v) is 7.51. The van der Waals surface area contributed by atoms with E-state index in [1.807, 2.05) is 39.0 Å². The van der Waals surface area contributed by atoms with Crippen LogP contribution in [0.1, 0.15) is 50.4 Å². The molecule has 0 radical (unpaired) electrons. The monoisotopic (exact) mass is 703 g/mol. The zero-order valence-corrected chi connectivity index (χ0v) is 30.8. The molecule has 2 atom stereocenters. The van der Waals surface area contributed by atoms with Crippen molar-refractivity contribution in [2.24, 2.45) is 5.92 Å². The SMILES string of the molecule is CN1CC[C@@H](COc2nc3c(c(N4CCN(C(=O)OC(C)(C)C)[C@@H](CC#N)C4)n2)CCN(c2cc(OCc4ccccc4)cc4ccccc24)C3)C1. The van der Waals surface area contributed by atoms with Gasteiger partial charge in [0, 0.05) is 61.3 Å². The minimum atomic E-state index is -0.623. The number of anilines is 2. The van der Waals surface area contributed by atoms with Crippen molar-refractivity contribution in [3.8, 4) is 17.8 Å². The van der Waals surface area contributed by atoms with Crippen molar-refractivity contribution in [1.82, 2.24) is 19.8 Å². The van der Waals surface area contributed by atoms with E-state index in [1.165, 1.54) is 0 Å². The highest BCUT2D eigenvalue weighted by atomic mass is 16.6. The summed E-state index contributed by atoms with van der Waals surface area (Å²) in [6, 6.07) is 25.3. The second kappa shape index (κ2) is 15.3. The summed E-state index contributed by atoms with van der Waals surface area (Å²) in [5.41, 5.74) is 3.62. The first-order valence-corrected chi connectivity index (χ1v) is 18.4. The van der Waals surface area contributed by atoms with Gasteiger partial charge in [-0.25, -0.2) is 4.79 Å². The minimum Gasteiger partial charge on any atom is -0.489 e. The maximum Gasteiger partial charge on any atom is 0.410 e. The van der Waals surface area contributed by atoms with Gasteiger partial charge in [0.2, 0.25) is 0 Å². The lowest BCUT2D eigenvalue weighted by molar-refractivity contribution is 0.0144. The quantitative estimate of drug-likeness (QED) is 0.193. The predicted molar refractivity (Wildman–Crippen MR) is 202 cm³/mol. The Labute approximate surface area is 306 Å². The highest BCUT2D eigenvalue weighted by Crippen LogP contribution is 2.37. The van der Waals surface area contributed by atoms with Gasteiger partial charge < -0.3 is 33.8 Å². The fourth-order valence-electron chi connectivity index (χ4n) is 7.51. The Balaban J connectivity index is 1.19. The number of benzene rings is 3. The molecule has 3 aliphatic rings. The molecule has 11 nitrogen and oxygen atoms in total. The predicted octanol–water partition coefficient (Wildman–Crippen LogP) is 6.44. The number of carbonyl (C=O) groups excluding carboxylic acids is 1. The fraction of sp³-hybridized carbons (Fsp3) is 0.463. The molecule has 3 aliphatic heterocycles. The van der Waals surface area contributed by atoms with E-state index in [1.54, 1.807) is 4.90 Å². The highest BCUT2D eigenvalue weighted by molar-refractivity contribution is 5.96. The standard InChI is InChI=1S/C41H49N7O4/c1-41(2,3)52-40(49)48-21-20-47(25-32(48)14-17-42)38-35-16-19-46(26-36(35)43-39(44-38)51-28-30-15-18-45(4)24-30)37-23-33(22-31-12-8-9-13-34(31)37)50-27-29-10-6-5-7-11-29/h5-13,22-23,30,32H,14-16,18-21,24-28H2,1-4H3/t30-,32+/m1/s1. The molecule has 0 unspecified atom stereocenters. The van der Waals surface area contributed by atoms with E-state index < -0.39 is 5.60 Å². The van der Waals surface area contributed by atoms with E-state index in [-0.39, 0.29) is 18.6 Å². The van der Waals surface area contributed by atoms with Crippen molar-refractivity contribution in [2.45, 2.75) is 64.8 Å². The summed E-state index contributed by atoms with van der Waals surface area (Å²) in [7, 11) is 2.14. The Kier molecular flexibility index (Phi) is 10.4. The number of hydrogen-bond donors (Lipinski definition) is 0. The number of ether oxygens (including phenoxy) is 3. The summed E-state index contributed by atoms with van der Waals surface area (Å²) in [6.07, 6.45) is 1.63. The lowest BCUT2D eigenvalue weighted by Crippen LogP contribution is -2.56. The van der Waals surface area contributed by atoms with Crippen LogP contribution >= 0.6 is 0 Å². The van der Waals surface area contributed by atoms with E-state index in [4.69, 9.17) is 24.2 Å². The number of rotatable bonds is 9. The van der Waals surface area contributed by atoms with Crippen LogP contribution in [0.25, 0.3) is 10.8 Å². The second-order valence-corrected chi connectivity index (χ2v) is 15.2. The van der Waals surface area contributed by atoms with Gasteiger partial charge in [-0.05, 0) is 64.2 Å². The van der Waals surface area contributed by atoms with Gasteiger partial charge in [-0.1, -0.05) is 54.6 Å². The third-order valence-corrected chi connectivity index (χ3v) is 10.1. The van der Waals surface area contributed by atoms with Gasteiger partial charge >= 0.3 is 12.1 Å². The van der Waals surface area contributed by atoms with Crippen LogP contribution in [0.5, 0.6) is 11.8 Å². The summed E-state index contributed by atoms with van der Waals surface area (Å²) in [6.45, 7) is 11.5. The number of carbonyl (C=O) groups is 1. The van der Waals surface area contributed by atoms with Crippen LogP contribution in [0.15, 0.2) is 66.7 Å². The van der Waals surface area contributed by atoms with Crippen LogP contribution in [-0.2, 0) is 24.3 Å². The molecular weight excluding hydrogens is 654 g/mol. The molecule has 0 aliphatic carbocycles. The summed E-state index contributed by atoms with van der Waals surface area (Å²) in [4.78, 5) is 31.9. The topological polar surface area (TPSA) is 107 Å². The molecule has 0 saturated carbocycles. The maximum atomic E-state index is 13.2. The average molecular weight is 704 g/mol. The Morgan fingerprint density at radius 3 is 2.52 bits per heavy atom. The third-order valence-electron chi connectivity index (χ3n) is 10.1. The first-order chi connectivity index (χ1) is 25.1. The number of fused-ring (bicyclic) bond motifs is 2. The van der Waals surface area contributed by atoms with Crippen LogP contribution in [0.4, 0.5) is 16.3 Å². The van der Waals surface area contributed by atoms with Crippen LogP contribution in [0, 0.1) is 17.2 Å². The molecule has 3 aromatic carbocycles. The highest BCUT2D eigenvalue weighted by Gasteiger charge is 2.36. The number of likely N-dealkylation sites (tertiary alicyclic amines) is 1. The largest absolute Gasteiger partial charge is 0.489 e. The molecular formula is C41H49N7O4. The molecule has 2 fully saturated rings. The Bertz CT molecular complexity index is 1920. The molecule has 1 aromatic heterocycles. The first kappa shape index (κ1) is 35.3. The normalized spacial score (nSPS) is 19.3. The molecule has 272 valence electrons. The summed E-state index contributed by atoms with van der Waals surface area (Å²) < 4.78 is 18.4. The summed E-state index contributed by atoms with van der Waals surface area (Å²) in [5.74, 6) is 2.08. The Hall–Kier alpha value is -5.08. The van der Waals surface area contributed by atoms with Gasteiger partial charge in [0.15, 0.2) is 0 Å². The lowest BCUT2D eigenvalue weighted by atomic mass is 10.0. The third kappa shape index (κ3) is 8.18. The van der Waals surface area contributed by atoms with Gasteiger partial charge in [-0.3, -0.25) is 0 Å². The molecule has 4 heterocycles. The van der Waals surface area contributed by atoms with Gasteiger partial charge in [0.25, 0.3) is 0 Å². The number of piperazine rings is 1. The van der Waals surface area contributed by atoms with Crippen molar-refractivity contribution in [1.29, 1.82) is 5.26 Å². The molecule has 1 amide bonds. The van der Waals surface area contributed by atoms with Crippen molar-refractivity contribution in [3.63, 3.8) is 0 Å². The molecule has 0 bridgehead atoms. The van der Waals surface area contributed by atoms with Crippen LogP contribution in [0.3, 0.4) is 0 Å². The number of nitrogens with zero attached hydrogens (tertiary/aromatic N) is 7. The number of hydrogen-bond acceptors (Lipinski definition) is 10. The molecule has 0 N–H and O–H groups in total. The zero-order chi connectivity index (χ0) is 36.2. The van der Waals surface area contributed by atoms with Crippen molar-refractivity contribution in [2.75, 3.05) is 62.7 Å². The zero-order valence-electron chi connectivity index (χ0n) is 30.8. The number of aromatic nitrogens is 2.